The van der Waals surface area contributed by atoms with Crippen molar-refractivity contribution in [1.29, 1.82) is 5.26 Å². The summed E-state index contributed by atoms with van der Waals surface area (Å²) in [5, 5.41) is 8.54. The molecule has 0 saturated carbocycles. The van der Waals surface area contributed by atoms with Crippen LogP contribution in [0.25, 0.3) is 0 Å². The lowest BCUT2D eigenvalue weighted by Crippen LogP contribution is -2.38. The number of ether oxygens (including phenoxy) is 1. The van der Waals surface area contributed by atoms with Gasteiger partial charge in [-0.05, 0) is 19.8 Å². The highest BCUT2D eigenvalue weighted by atomic mass is 16.5. The van der Waals surface area contributed by atoms with Crippen LogP contribution < -0.4 is 0 Å². The van der Waals surface area contributed by atoms with Crippen molar-refractivity contribution in [2.75, 3.05) is 20.3 Å². The molecule has 0 saturated heterocycles. The number of carbonyl (C=O) groups excluding carboxylic acids is 1. The smallest absolute Gasteiger partial charge is 0.223 e. The first-order chi connectivity index (χ1) is 7.52. The van der Waals surface area contributed by atoms with Crippen molar-refractivity contribution in [3.8, 4) is 6.07 Å². The number of nitriles is 1. The van der Waals surface area contributed by atoms with Crippen LogP contribution in [0.5, 0.6) is 0 Å². The summed E-state index contributed by atoms with van der Waals surface area (Å²) in [6.45, 7) is 7.04. The Hall–Kier alpha value is -1.08. The Morgan fingerprint density at radius 2 is 2.06 bits per heavy atom. The maximum atomic E-state index is 11.9. The van der Waals surface area contributed by atoms with Gasteiger partial charge in [0, 0.05) is 32.7 Å². The number of hydrogen-bond donors (Lipinski definition) is 0. The van der Waals surface area contributed by atoms with Gasteiger partial charge in [-0.15, -0.1) is 0 Å². The van der Waals surface area contributed by atoms with Gasteiger partial charge in [-0.2, -0.15) is 5.26 Å². The Balaban J connectivity index is 4.22. The summed E-state index contributed by atoms with van der Waals surface area (Å²) in [6.07, 6.45) is 0.875. The molecule has 0 aromatic heterocycles. The SMILES string of the molecule is COCC(C)CC(=O)N(CCC#N)C(C)C. The van der Waals surface area contributed by atoms with E-state index in [9.17, 15) is 4.79 Å². The molecule has 16 heavy (non-hydrogen) atoms. The fourth-order valence-corrected chi connectivity index (χ4v) is 1.60. The molecule has 0 aliphatic rings. The van der Waals surface area contributed by atoms with Crippen molar-refractivity contribution in [3.05, 3.63) is 0 Å². The second kappa shape index (κ2) is 8.12. The molecule has 0 rings (SSSR count). The maximum Gasteiger partial charge on any atom is 0.223 e. The van der Waals surface area contributed by atoms with Gasteiger partial charge in [0.05, 0.1) is 12.5 Å². The van der Waals surface area contributed by atoms with Gasteiger partial charge in [-0.3, -0.25) is 4.79 Å². The van der Waals surface area contributed by atoms with Crippen LogP contribution in [0.4, 0.5) is 0 Å². The lowest BCUT2D eigenvalue weighted by molar-refractivity contribution is -0.134. The summed E-state index contributed by atoms with van der Waals surface area (Å²) in [5.41, 5.74) is 0. The fourth-order valence-electron chi connectivity index (χ4n) is 1.60. The number of hydrogen-bond acceptors (Lipinski definition) is 3. The number of methoxy groups -OCH3 is 1. The molecule has 0 bridgehead atoms. The van der Waals surface area contributed by atoms with E-state index in [4.69, 9.17) is 10.00 Å². The molecule has 1 unspecified atom stereocenters. The van der Waals surface area contributed by atoms with Crippen LogP contribution in [-0.2, 0) is 9.53 Å². The molecule has 0 N–H and O–H groups in total. The second-order valence-electron chi connectivity index (χ2n) is 4.35. The van der Waals surface area contributed by atoms with Crippen molar-refractivity contribution >= 4 is 5.91 Å². The monoisotopic (exact) mass is 226 g/mol. The minimum Gasteiger partial charge on any atom is -0.384 e. The van der Waals surface area contributed by atoms with Crippen molar-refractivity contribution in [1.82, 2.24) is 4.90 Å². The summed E-state index contributed by atoms with van der Waals surface area (Å²) in [6, 6.07) is 2.22. The summed E-state index contributed by atoms with van der Waals surface area (Å²) in [4.78, 5) is 13.7. The Labute approximate surface area is 98.2 Å². The zero-order valence-corrected chi connectivity index (χ0v) is 10.7. The van der Waals surface area contributed by atoms with Gasteiger partial charge in [0.25, 0.3) is 0 Å². The zero-order chi connectivity index (χ0) is 12.6. The molecule has 0 aromatic rings. The average molecular weight is 226 g/mol. The minimum absolute atomic E-state index is 0.106. The van der Waals surface area contributed by atoms with E-state index in [1.54, 1.807) is 12.0 Å². The molecule has 0 heterocycles. The first-order valence-electron chi connectivity index (χ1n) is 5.68. The van der Waals surface area contributed by atoms with Gasteiger partial charge in [-0.1, -0.05) is 6.92 Å². The zero-order valence-electron chi connectivity index (χ0n) is 10.7. The highest BCUT2D eigenvalue weighted by Crippen LogP contribution is 2.09. The van der Waals surface area contributed by atoms with Crippen LogP contribution in [0.15, 0.2) is 0 Å². The van der Waals surface area contributed by atoms with E-state index in [0.717, 1.165) is 0 Å². The van der Waals surface area contributed by atoms with Crippen molar-refractivity contribution in [3.63, 3.8) is 0 Å². The van der Waals surface area contributed by atoms with Crippen LogP contribution in [0.2, 0.25) is 0 Å². The van der Waals surface area contributed by atoms with Gasteiger partial charge in [0.15, 0.2) is 0 Å². The molecule has 0 aliphatic carbocycles. The van der Waals surface area contributed by atoms with E-state index in [0.29, 0.717) is 26.0 Å². The Morgan fingerprint density at radius 3 is 2.50 bits per heavy atom. The molecular weight excluding hydrogens is 204 g/mol. The van der Waals surface area contributed by atoms with E-state index >= 15 is 0 Å². The molecule has 4 nitrogen and oxygen atoms in total. The van der Waals surface area contributed by atoms with E-state index in [1.165, 1.54) is 0 Å². The summed E-state index contributed by atoms with van der Waals surface area (Å²) < 4.78 is 5.00. The molecule has 1 amide bonds. The van der Waals surface area contributed by atoms with Crippen molar-refractivity contribution in [2.45, 2.75) is 39.7 Å². The highest BCUT2D eigenvalue weighted by Gasteiger charge is 2.18. The fraction of sp³-hybridized carbons (Fsp3) is 0.833. The third kappa shape index (κ3) is 5.72. The minimum atomic E-state index is 0.106. The average Bonchev–Trinajstić information content (AvgIpc) is 2.17. The number of amides is 1. The van der Waals surface area contributed by atoms with E-state index < -0.39 is 0 Å². The van der Waals surface area contributed by atoms with Gasteiger partial charge in [0.2, 0.25) is 5.91 Å². The van der Waals surface area contributed by atoms with Gasteiger partial charge in [0.1, 0.15) is 0 Å². The standard InChI is InChI=1S/C12H22N2O2/c1-10(2)14(7-5-6-13)12(15)8-11(3)9-16-4/h10-11H,5,7-9H2,1-4H3. The number of carbonyl (C=O) groups is 1. The van der Waals surface area contributed by atoms with Crippen LogP contribution in [0, 0.1) is 17.2 Å². The third-order valence-corrected chi connectivity index (χ3v) is 2.38. The molecule has 0 radical (unpaired) electrons. The van der Waals surface area contributed by atoms with Gasteiger partial charge < -0.3 is 9.64 Å². The van der Waals surface area contributed by atoms with Gasteiger partial charge >= 0.3 is 0 Å². The molecule has 1 atom stereocenters. The quantitative estimate of drug-likeness (QED) is 0.665. The molecule has 0 aromatic carbocycles. The van der Waals surface area contributed by atoms with Gasteiger partial charge in [-0.25, -0.2) is 0 Å². The highest BCUT2D eigenvalue weighted by molar-refractivity contribution is 5.76. The summed E-state index contributed by atoms with van der Waals surface area (Å²) >= 11 is 0. The Morgan fingerprint density at radius 1 is 1.44 bits per heavy atom. The molecule has 0 fully saturated rings. The summed E-state index contributed by atoms with van der Waals surface area (Å²) in [5.74, 6) is 0.329. The van der Waals surface area contributed by atoms with Crippen molar-refractivity contribution < 1.29 is 9.53 Å². The number of nitrogens with zero attached hydrogens (tertiary/aromatic N) is 2. The van der Waals surface area contributed by atoms with E-state index in [-0.39, 0.29) is 17.9 Å². The molecule has 4 heteroatoms. The topological polar surface area (TPSA) is 53.3 Å². The van der Waals surface area contributed by atoms with E-state index in [2.05, 4.69) is 6.07 Å². The predicted octanol–water partition coefficient (Wildman–Crippen LogP) is 1.81. The molecule has 0 spiro atoms. The third-order valence-electron chi connectivity index (χ3n) is 2.38. The maximum absolute atomic E-state index is 11.9. The van der Waals surface area contributed by atoms with Crippen LogP contribution in [0.1, 0.15) is 33.6 Å². The lowest BCUT2D eigenvalue weighted by atomic mass is 10.1. The Kier molecular flexibility index (Phi) is 7.57. The van der Waals surface area contributed by atoms with Crippen LogP contribution in [-0.4, -0.2) is 37.1 Å². The molecular formula is C12H22N2O2. The first kappa shape index (κ1) is 14.9. The largest absolute Gasteiger partial charge is 0.384 e. The summed E-state index contributed by atoms with van der Waals surface area (Å²) in [7, 11) is 1.64. The molecule has 0 aliphatic heterocycles. The first-order valence-corrected chi connectivity index (χ1v) is 5.68. The molecule has 92 valence electrons. The van der Waals surface area contributed by atoms with Crippen LogP contribution >= 0.6 is 0 Å². The second-order valence-corrected chi connectivity index (χ2v) is 4.35. The van der Waals surface area contributed by atoms with Crippen molar-refractivity contribution in [2.24, 2.45) is 5.92 Å². The lowest BCUT2D eigenvalue weighted by Gasteiger charge is -2.27. The predicted molar refractivity (Wildman–Crippen MR) is 62.7 cm³/mol. The Bertz CT molecular complexity index is 246. The normalized spacial score (nSPS) is 12.2. The van der Waals surface area contributed by atoms with Crippen LogP contribution in [0.3, 0.4) is 0 Å². The van der Waals surface area contributed by atoms with E-state index in [1.807, 2.05) is 20.8 Å². The number of rotatable bonds is 7.